The fourth-order valence-corrected chi connectivity index (χ4v) is 2.82. The van der Waals surface area contributed by atoms with E-state index >= 15 is 0 Å². The van der Waals surface area contributed by atoms with E-state index in [1.54, 1.807) is 12.3 Å². The summed E-state index contributed by atoms with van der Waals surface area (Å²) in [6, 6.07) is 9.61. The molecule has 2 aromatic heterocycles. The summed E-state index contributed by atoms with van der Waals surface area (Å²) in [7, 11) is 0. The van der Waals surface area contributed by atoms with Gasteiger partial charge in [0.2, 0.25) is 0 Å². The van der Waals surface area contributed by atoms with Crippen molar-refractivity contribution in [3.05, 3.63) is 53.3 Å². The van der Waals surface area contributed by atoms with E-state index in [4.69, 9.17) is 0 Å². The van der Waals surface area contributed by atoms with E-state index in [9.17, 15) is 4.79 Å². The molecule has 20 heavy (non-hydrogen) atoms. The molecular weight excluding hydrogens is 270 g/mol. The van der Waals surface area contributed by atoms with Crippen LogP contribution in [0.25, 0.3) is 10.2 Å². The first-order valence-electron chi connectivity index (χ1n) is 6.23. The molecule has 0 spiro atoms. The van der Waals surface area contributed by atoms with Gasteiger partial charge in [-0.05, 0) is 43.7 Å². The van der Waals surface area contributed by atoms with E-state index in [0.717, 1.165) is 15.9 Å². The highest BCUT2D eigenvalue weighted by atomic mass is 32.1. The Kier molecular flexibility index (Phi) is 3.20. The predicted molar refractivity (Wildman–Crippen MR) is 81.3 cm³/mol. The number of rotatable bonds is 2. The van der Waals surface area contributed by atoms with Crippen molar-refractivity contribution in [1.29, 1.82) is 0 Å². The molecule has 0 saturated heterocycles. The lowest BCUT2D eigenvalue weighted by molar-refractivity contribution is 0.102. The van der Waals surface area contributed by atoms with Crippen LogP contribution in [0.3, 0.4) is 0 Å². The first-order chi connectivity index (χ1) is 9.61. The number of nitrogens with zero attached hydrogens (tertiary/aromatic N) is 2. The monoisotopic (exact) mass is 283 g/mol. The Balaban J connectivity index is 1.85. The zero-order chi connectivity index (χ0) is 14.1. The molecule has 3 aromatic rings. The second-order valence-electron chi connectivity index (χ2n) is 4.63. The molecule has 0 aliphatic rings. The largest absolute Gasteiger partial charge is 0.298 e. The van der Waals surface area contributed by atoms with Crippen molar-refractivity contribution in [2.45, 2.75) is 13.8 Å². The summed E-state index contributed by atoms with van der Waals surface area (Å²) < 4.78 is 1.07. The molecule has 0 fully saturated rings. The van der Waals surface area contributed by atoms with Gasteiger partial charge in [-0.25, -0.2) is 4.98 Å². The molecule has 0 atom stereocenters. The molecule has 1 N–H and O–H groups in total. The summed E-state index contributed by atoms with van der Waals surface area (Å²) in [5.41, 5.74) is 3.50. The number of aryl methyl sites for hydroxylation is 2. The van der Waals surface area contributed by atoms with Crippen LogP contribution in [0.15, 0.2) is 36.5 Å². The number of hydrogen-bond donors (Lipinski definition) is 1. The Morgan fingerprint density at radius 1 is 1.20 bits per heavy atom. The number of thiazole rings is 1. The number of carbonyl (C=O) groups excluding carboxylic acids is 1. The second-order valence-corrected chi connectivity index (χ2v) is 5.66. The minimum atomic E-state index is -0.187. The van der Waals surface area contributed by atoms with Gasteiger partial charge in [0.15, 0.2) is 5.13 Å². The number of hydrogen-bond acceptors (Lipinski definition) is 4. The van der Waals surface area contributed by atoms with Crippen LogP contribution in [-0.4, -0.2) is 15.9 Å². The fraction of sp³-hybridized carbons (Fsp3) is 0.133. The highest BCUT2D eigenvalue weighted by molar-refractivity contribution is 7.22. The van der Waals surface area contributed by atoms with Crippen LogP contribution in [0.1, 0.15) is 21.6 Å². The maximum Gasteiger partial charge on any atom is 0.259 e. The van der Waals surface area contributed by atoms with Crippen LogP contribution >= 0.6 is 11.3 Å². The van der Waals surface area contributed by atoms with Crippen LogP contribution < -0.4 is 5.32 Å². The highest BCUT2D eigenvalue weighted by Gasteiger charge is 2.10. The number of amides is 1. The normalized spacial score (nSPS) is 10.7. The number of anilines is 1. The van der Waals surface area contributed by atoms with Crippen LogP contribution in [0.2, 0.25) is 0 Å². The Hall–Kier alpha value is -2.27. The van der Waals surface area contributed by atoms with Gasteiger partial charge in [-0.3, -0.25) is 15.1 Å². The van der Waals surface area contributed by atoms with Crippen LogP contribution in [-0.2, 0) is 0 Å². The molecule has 0 bridgehead atoms. The Labute approximate surface area is 120 Å². The average molecular weight is 283 g/mol. The molecule has 0 aliphatic heterocycles. The van der Waals surface area contributed by atoms with Gasteiger partial charge in [0.1, 0.15) is 0 Å². The third-order valence-corrected chi connectivity index (χ3v) is 3.87. The molecule has 5 heteroatoms. The maximum absolute atomic E-state index is 12.1. The van der Waals surface area contributed by atoms with Crippen molar-refractivity contribution >= 4 is 32.6 Å². The Bertz CT molecular complexity index is 777. The summed E-state index contributed by atoms with van der Waals surface area (Å²) in [6.07, 6.45) is 1.57. The van der Waals surface area contributed by atoms with Crippen molar-refractivity contribution in [2.75, 3.05) is 5.32 Å². The molecule has 100 valence electrons. The van der Waals surface area contributed by atoms with Crippen molar-refractivity contribution in [3.8, 4) is 0 Å². The first kappa shape index (κ1) is 12.7. The predicted octanol–water partition coefficient (Wildman–Crippen LogP) is 3.56. The van der Waals surface area contributed by atoms with Crippen molar-refractivity contribution in [3.63, 3.8) is 0 Å². The van der Waals surface area contributed by atoms with Crippen LogP contribution in [0, 0.1) is 13.8 Å². The summed E-state index contributed by atoms with van der Waals surface area (Å²) in [6.45, 7) is 3.92. The zero-order valence-electron chi connectivity index (χ0n) is 11.2. The van der Waals surface area contributed by atoms with E-state index in [2.05, 4.69) is 21.4 Å². The molecule has 0 aliphatic carbocycles. The molecule has 0 radical (unpaired) electrons. The summed E-state index contributed by atoms with van der Waals surface area (Å²) >= 11 is 1.47. The van der Waals surface area contributed by atoms with E-state index in [1.807, 2.05) is 32.0 Å². The Morgan fingerprint density at radius 3 is 2.80 bits per heavy atom. The van der Waals surface area contributed by atoms with Gasteiger partial charge in [-0.15, -0.1) is 0 Å². The maximum atomic E-state index is 12.1. The second kappa shape index (κ2) is 5.02. The molecule has 3 rings (SSSR count). The molecule has 2 heterocycles. The topological polar surface area (TPSA) is 54.9 Å². The third-order valence-electron chi connectivity index (χ3n) is 2.94. The van der Waals surface area contributed by atoms with Crippen molar-refractivity contribution in [2.24, 2.45) is 0 Å². The van der Waals surface area contributed by atoms with E-state index in [0.29, 0.717) is 10.7 Å². The smallest absolute Gasteiger partial charge is 0.259 e. The SMILES string of the molecule is Cc1ccc2nc(NC(=O)c3ccc(C)nc3)sc2c1. The molecule has 4 nitrogen and oxygen atoms in total. The van der Waals surface area contributed by atoms with Gasteiger partial charge < -0.3 is 0 Å². The number of nitrogens with one attached hydrogen (secondary N) is 1. The minimum absolute atomic E-state index is 0.187. The quantitative estimate of drug-likeness (QED) is 0.782. The number of pyridine rings is 1. The number of benzene rings is 1. The van der Waals surface area contributed by atoms with Gasteiger partial charge in [-0.2, -0.15) is 0 Å². The van der Waals surface area contributed by atoms with E-state index in [-0.39, 0.29) is 5.91 Å². The van der Waals surface area contributed by atoms with Gasteiger partial charge in [-0.1, -0.05) is 17.4 Å². The van der Waals surface area contributed by atoms with E-state index in [1.165, 1.54) is 16.9 Å². The van der Waals surface area contributed by atoms with Crippen LogP contribution in [0.4, 0.5) is 5.13 Å². The lowest BCUT2D eigenvalue weighted by Gasteiger charge is -2.00. The summed E-state index contributed by atoms with van der Waals surface area (Å²) in [5, 5.41) is 3.42. The molecule has 0 saturated carbocycles. The van der Waals surface area contributed by atoms with Gasteiger partial charge in [0.05, 0.1) is 15.8 Å². The highest BCUT2D eigenvalue weighted by Crippen LogP contribution is 2.26. The number of carbonyl (C=O) groups is 1. The standard InChI is InChI=1S/C15H13N3OS/c1-9-3-6-12-13(7-9)20-15(17-12)18-14(19)11-5-4-10(2)16-8-11/h3-8H,1-2H3,(H,17,18,19). The molecule has 1 aromatic carbocycles. The first-order valence-corrected chi connectivity index (χ1v) is 7.05. The zero-order valence-corrected chi connectivity index (χ0v) is 12.0. The van der Waals surface area contributed by atoms with Gasteiger partial charge >= 0.3 is 0 Å². The summed E-state index contributed by atoms with van der Waals surface area (Å²) in [4.78, 5) is 20.6. The third kappa shape index (κ3) is 2.53. The molecular formula is C15H13N3OS. The average Bonchev–Trinajstić information content (AvgIpc) is 2.80. The summed E-state index contributed by atoms with van der Waals surface area (Å²) in [5.74, 6) is -0.187. The number of aromatic nitrogens is 2. The molecule has 0 unspecified atom stereocenters. The minimum Gasteiger partial charge on any atom is -0.298 e. The Morgan fingerprint density at radius 2 is 2.05 bits per heavy atom. The lowest BCUT2D eigenvalue weighted by Crippen LogP contribution is -2.11. The van der Waals surface area contributed by atoms with Crippen molar-refractivity contribution < 1.29 is 4.79 Å². The van der Waals surface area contributed by atoms with Crippen molar-refractivity contribution in [1.82, 2.24) is 9.97 Å². The number of fused-ring (bicyclic) bond motifs is 1. The fourth-order valence-electron chi connectivity index (χ4n) is 1.86. The van der Waals surface area contributed by atoms with Crippen LogP contribution in [0.5, 0.6) is 0 Å². The van der Waals surface area contributed by atoms with E-state index < -0.39 is 0 Å². The molecule has 1 amide bonds. The van der Waals surface area contributed by atoms with Gasteiger partial charge in [0.25, 0.3) is 5.91 Å². The van der Waals surface area contributed by atoms with Gasteiger partial charge in [0, 0.05) is 11.9 Å². The lowest BCUT2D eigenvalue weighted by atomic mass is 10.2.